The van der Waals surface area contributed by atoms with Gasteiger partial charge in [-0.25, -0.2) is 0 Å². The van der Waals surface area contributed by atoms with Crippen LogP contribution in [-0.2, 0) is 43.3 Å². The quantitative estimate of drug-likeness (QED) is 0.160. The highest BCUT2D eigenvalue weighted by Crippen LogP contribution is 2.55. The van der Waals surface area contributed by atoms with Gasteiger partial charge in [0.05, 0.1) is 0 Å². The maximum absolute atomic E-state index is 2.75. The fraction of sp³-hybridized carbons (Fsp3) is 0.524. The molecule has 0 bridgehead atoms. The van der Waals surface area contributed by atoms with Crippen LogP contribution in [0, 0.1) is 6.92 Å². The number of aryl methyl sites for hydroxylation is 1. The van der Waals surface area contributed by atoms with Gasteiger partial charge >= 0.3 is 0 Å². The summed E-state index contributed by atoms with van der Waals surface area (Å²) in [7, 11) is 0. The summed E-state index contributed by atoms with van der Waals surface area (Å²) in [5.41, 5.74) is 26.0. The van der Waals surface area contributed by atoms with Crippen LogP contribution in [0.2, 0.25) is 0 Å². The molecule has 0 aromatic heterocycles. The molecule has 0 saturated carbocycles. The van der Waals surface area contributed by atoms with Crippen LogP contribution in [0.3, 0.4) is 0 Å². The Morgan fingerprint density at radius 3 is 1.30 bits per heavy atom. The van der Waals surface area contributed by atoms with Crippen molar-refractivity contribution in [2.75, 3.05) is 9.80 Å². The van der Waals surface area contributed by atoms with Gasteiger partial charge in [0.15, 0.2) is 0 Å². The molecule has 5 aliphatic rings. The van der Waals surface area contributed by atoms with Crippen molar-refractivity contribution in [3.63, 3.8) is 0 Å². The summed E-state index contributed by atoms with van der Waals surface area (Å²) in [6, 6.07) is 31.0. The van der Waals surface area contributed by atoms with E-state index in [-0.39, 0.29) is 50.0 Å². The fourth-order valence-corrected chi connectivity index (χ4v) is 13.2. The van der Waals surface area contributed by atoms with Crippen molar-refractivity contribution in [3.05, 3.63) is 123 Å². The van der Waals surface area contributed by atoms with Gasteiger partial charge in [-0.1, -0.05) is 155 Å². The summed E-state index contributed by atoms with van der Waals surface area (Å²) in [6.45, 7) is 46.7. The first-order valence-corrected chi connectivity index (χ1v) is 25.8. The topological polar surface area (TPSA) is 6.48 Å². The molecular weight excluding hydrogens is 796 g/mol. The third kappa shape index (κ3) is 6.76. The molecule has 0 amide bonds. The molecule has 66 heavy (non-hydrogen) atoms. The smallest absolute Gasteiger partial charge is 0.252 e. The van der Waals surface area contributed by atoms with Gasteiger partial charge < -0.3 is 9.80 Å². The van der Waals surface area contributed by atoms with Crippen LogP contribution >= 0.6 is 0 Å². The number of hydrogen-bond acceptors (Lipinski definition) is 2. The minimum atomic E-state index is -0.0905. The number of nitrogens with zero attached hydrogens (tertiary/aromatic N) is 2. The highest BCUT2D eigenvalue weighted by Gasteiger charge is 2.49. The van der Waals surface area contributed by atoms with Gasteiger partial charge in [0, 0.05) is 34.1 Å². The van der Waals surface area contributed by atoms with E-state index in [9.17, 15) is 0 Å². The van der Waals surface area contributed by atoms with Crippen molar-refractivity contribution >= 4 is 57.2 Å². The Hall–Kier alpha value is -4.24. The SMILES string of the molecule is Cc1cc2c(cc1N1c3cc(C(C)(C)C)ccc3B3c4cc5c(cc4N(c4ccc6c(c4)C(C)(C)CCC6(C)C)c4cc(C(C)(C)C)cc1c43)C(C)(C)CCC5(C)C)C(C)(C)CCC2(C)C. The molecule has 0 unspecified atom stereocenters. The molecule has 0 saturated heterocycles. The second kappa shape index (κ2) is 13.9. The van der Waals surface area contributed by atoms with E-state index < -0.39 is 0 Å². The van der Waals surface area contributed by atoms with Crippen molar-refractivity contribution in [3.8, 4) is 0 Å². The van der Waals surface area contributed by atoms with Gasteiger partial charge in [0.25, 0.3) is 6.71 Å². The number of benzene rings is 5. The zero-order valence-electron chi connectivity index (χ0n) is 44.6. The molecule has 0 fully saturated rings. The number of hydrogen-bond donors (Lipinski definition) is 0. The van der Waals surface area contributed by atoms with Gasteiger partial charge in [0.1, 0.15) is 0 Å². The molecule has 5 aromatic rings. The first kappa shape index (κ1) is 45.5. The number of anilines is 6. The normalized spacial score (nSPS) is 21.2. The summed E-state index contributed by atoms with van der Waals surface area (Å²) in [5, 5.41) is 0. The minimum Gasteiger partial charge on any atom is -0.311 e. The van der Waals surface area contributed by atoms with Gasteiger partial charge in [-0.15, -0.1) is 0 Å². The Labute approximate surface area is 401 Å². The zero-order chi connectivity index (χ0) is 47.9. The first-order valence-electron chi connectivity index (χ1n) is 25.8. The van der Waals surface area contributed by atoms with Gasteiger partial charge in [-0.3, -0.25) is 0 Å². The van der Waals surface area contributed by atoms with Crippen molar-refractivity contribution in [2.45, 2.75) is 213 Å². The van der Waals surface area contributed by atoms with E-state index in [1.807, 2.05) is 0 Å². The lowest BCUT2D eigenvalue weighted by atomic mass is 9.33. The molecule has 3 aliphatic carbocycles. The van der Waals surface area contributed by atoms with Crippen LogP contribution in [0.4, 0.5) is 34.1 Å². The van der Waals surface area contributed by atoms with E-state index in [0.717, 1.165) is 0 Å². The predicted octanol–water partition coefficient (Wildman–Crippen LogP) is 15.7. The molecule has 5 aromatic carbocycles. The number of fused-ring (bicyclic) bond motifs is 7. The lowest BCUT2D eigenvalue weighted by molar-refractivity contribution is 0.332. The molecule has 2 nitrogen and oxygen atoms in total. The van der Waals surface area contributed by atoms with Crippen LogP contribution in [0.25, 0.3) is 0 Å². The highest BCUT2D eigenvalue weighted by atomic mass is 15.2. The van der Waals surface area contributed by atoms with E-state index in [4.69, 9.17) is 0 Å². The van der Waals surface area contributed by atoms with Gasteiger partial charge in [-0.2, -0.15) is 0 Å². The zero-order valence-corrected chi connectivity index (χ0v) is 44.6. The minimum absolute atomic E-state index is 0.0128. The standard InChI is InChI=1S/C63H81BN2/c1-38-30-43-46(62(16,17)28-26-59(43,10)11)36-50(38)66-51-31-39(56(2,3)4)20-23-48(51)64-49-35-45-47(63(18,19)29-27-61(45,14)15)37-52(49)65(53-32-40(57(5,6)7)33-54(66)55(53)64)41-21-22-42-44(34-41)60(12,13)25-24-58(42,8)9/h20-23,30-37H,24-29H2,1-19H3. The Morgan fingerprint density at radius 1 is 0.379 bits per heavy atom. The molecule has 2 heterocycles. The third-order valence-electron chi connectivity index (χ3n) is 18.3. The molecule has 0 spiro atoms. The molecule has 346 valence electrons. The van der Waals surface area contributed by atoms with Gasteiger partial charge in [-0.05, 0) is 198 Å². The van der Waals surface area contributed by atoms with Crippen LogP contribution < -0.4 is 26.2 Å². The Morgan fingerprint density at radius 2 is 0.788 bits per heavy atom. The van der Waals surface area contributed by atoms with Gasteiger partial charge in [0.2, 0.25) is 0 Å². The highest BCUT2D eigenvalue weighted by molar-refractivity contribution is 7.00. The summed E-state index contributed by atoms with van der Waals surface area (Å²) in [4.78, 5) is 5.49. The van der Waals surface area contributed by atoms with Crippen LogP contribution in [0.15, 0.2) is 72.8 Å². The van der Waals surface area contributed by atoms with Crippen molar-refractivity contribution in [1.29, 1.82) is 0 Å². The molecule has 3 heteroatoms. The summed E-state index contributed by atoms with van der Waals surface area (Å²) >= 11 is 0. The maximum atomic E-state index is 2.75. The average molecular weight is 877 g/mol. The van der Waals surface area contributed by atoms with Crippen molar-refractivity contribution in [1.82, 2.24) is 0 Å². The monoisotopic (exact) mass is 877 g/mol. The lowest BCUT2D eigenvalue weighted by Gasteiger charge is -2.49. The second-order valence-electron chi connectivity index (χ2n) is 28.0. The van der Waals surface area contributed by atoms with Crippen molar-refractivity contribution < 1.29 is 0 Å². The molecule has 0 N–H and O–H groups in total. The first-order chi connectivity index (χ1) is 30.3. The van der Waals surface area contributed by atoms with Crippen LogP contribution in [0.5, 0.6) is 0 Å². The summed E-state index contributed by atoms with van der Waals surface area (Å²) in [6.07, 6.45) is 7.18. The van der Waals surface area contributed by atoms with E-state index in [0.29, 0.717) is 0 Å². The third-order valence-corrected chi connectivity index (χ3v) is 18.3. The molecule has 2 aliphatic heterocycles. The summed E-state index contributed by atoms with van der Waals surface area (Å²) in [5.74, 6) is 0. The van der Waals surface area contributed by atoms with Crippen molar-refractivity contribution in [2.24, 2.45) is 0 Å². The fourth-order valence-electron chi connectivity index (χ4n) is 13.2. The van der Waals surface area contributed by atoms with E-state index >= 15 is 0 Å². The summed E-state index contributed by atoms with van der Waals surface area (Å²) < 4.78 is 0. The molecule has 0 radical (unpaired) electrons. The Kier molecular flexibility index (Phi) is 9.62. The lowest BCUT2D eigenvalue weighted by Crippen LogP contribution is -2.62. The molecular formula is C63H81BN2. The van der Waals surface area contributed by atoms with Crippen LogP contribution in [0.1, 0.15) is 213 Å². The largest absolute Gasteiger partial charge is 0.311 e. The molecule has 0 atom stereocenters. The maximum Gasteiger partial charge on any atom is 0.252 e. The molecule has 10 rings (SSSR count). The van der Waals surface area contributed by atoms with E-state index in [1.165, 1.54) is 139 Å². The Bertz CT molecular complexity index is 2860. The predicted molar refractivity (Wildman–Crippen MR) is 288 cm³/mol. The van der Waals surface area contributed by atoms with E-state index in [1.54, 1.807) is 0 Å². The Balaban J connectivity index is 1.36. The van der Waals surface area contributed by atoms with E-state index in [2.05, 4.69) is 214 Å². The average Bonchev–Trinajstić information content (AvgIpc) is 3.21. The number of rotatable bonds is 2. The second-order valence-corrected chi connectivity index (χ2v) is 28.0. The van der Waals surface area contributed by atoms with Crippen LogP contribution in [-0.4, -0.2) is 6.71 Å².